The van der Waals surface area contributed by atoms with Gasteiger partial charge in [-0.3, -0.25) is 0 Å². The lowest BCUT2D eigenvalue weighted by molar-refractivity contribution is 0.600. The highest BCUT2D eigenvalue weighted by molar-refractivity contribution is 6.22. The Hall–Kier alpha value is -8.92. The monoisotopic (exact) mass is 975 g/mol. The van der Waals surface area contributed by atoms with E-state index in [4.69, 9.17) is 8.83 Å². The summed E-state index contributed by atoms with van der Waals surface area (Å²) in [5.41, 5.74) is 26.6. The summed E-state index contributed by atoms with van der Waals surface area (Å²) in [6.07, 6.45) is 0. The van der Waals surface area contributed by atoms with Crippen LogP contribution in [0.1, 0.15) is 74.9 Å². The molecule has 3 nitrogen and oxygen atoms in total. The zero-order valence-corrected chi connectivity index (χ0v) is 43.5. The van der Waals surface area contributed by atoms with Crippen LogP contribution in [0.5, 0.6) is 0 Å². The first-order chi connectivity index (χ1) is 37.0. The summed E-state index contributed by atoms with van der Waals surface area (Å²) in [6.45, 7) is 14.6. The minimum atomic E-state index is -0.347. The molecule has 0 aliphatic heterocycles. The van der Waals surface area contributed by atoms with Crippen LogP contribution in [0.25, 0.3) is 110 Å². The van der Waals surface area contributed by atoms with Gasteiger partial charge < -0.3 is 13.7 Å². The van der Waals surface area contributed by atoms with Crippen LogP contribution in [-0.2, 0) is 16.2 Å². The standard InChI is InChI=1S/C73H53NO2/c1-71(2)57-39-46(35-37-51(57)62-59(71)41-55(49-27-18-22-44-21-10-11-23-48(44)49)69-64(62)53-25-13-16-29-60(53)75-69)74(45-33-31-43(32-34-45)42-19-8-7-9-20-42)47-36-38-52-58(40-47)73(5,6)67-63(52)65-54-26-14-17-30-61(54)76-70(65)66-50-24-12-15-28-56(50)72(3,4)68(66)67/h7-41H,1-6H3. The molecule has 0 amide bonds. The van der Waals surface area contributed by atoms with Gasteiger partial charge in [0, 0.05) is 66.0 Å². The van der Waals surface area contributed by atoms with Gasteiger partial charge in [-0.25, -0.2) is 0 Å². The first kappa shape index (κ1) is 43.5. The topological polar surface area (TPSA) is 29.5 Å². The summed E-state index contributed by atoms with van der Waals surface area (Å²) >= 11 is 0. The highest BCUT2D eigenvalue weighted by Crippen LogP contribution is 2.64. The fourth-order valence-corrected chi connectivity index (χ4v) is 14.4. The van der Waals surface area contributed by atoms with Crippen LogP contribution in [-0.4, -0.2) is 0 Å². The van der Waals surface area contributed by atoms with Crippen LogP contribution in [0.15, 0.2) is 221 Å². The van der Waals surface area contributed by atoms with Crippen LogP contribution in [0.3, 0.4) is 0 Å². The van der Waals surface area contributed by atoms with E-state index in [2.05, 4.69) is 259 Å². The van der Waals surface area contributed by atoms with Crippen molar-refractivity contribution in [1.29, 1.82) is 0 Å². The molecule has 13 aromatic rings. The molecular formula is C73H53NO2. The molecule has 0 radical (unpaired) electrons. The molecule has 3 aliphatic carbocycles. The highest BCUT2D eigenvalue weighted by atomic mass is 16.3. The fourth-order valence-electron chi connectivity index (χ4n) is 14.4. The summed E-state index contributed by atoms with van der Waals surface area (Å²) < 4.78 is 14.0. The maximum absolute atomic E-state index is 7.02. The number of rotatable bonds is 5. The zero-order valence-electron chi connectivity index (χ0n) is 43.5. The van der Waals surface area contributed by atoms with E-state index < -0.39 is 0 Å². The fraction of sp³-hybridized carbons (Fsp3) is 0.123. The average Bonchev–Trinajstić information content (AvgIpc) is 4.38. The van der Waals surface area contributed by atoms with Crippen LogP contribution in [0.4, 0.5) is 17.1 Å². The number of para-hydroxylation sites is 2. The van der Waals surface area contributed by atoms with Gasteiger partial charge in [0.25, 0.3) is 0 Å². The first-order valence-electron chi connectivity index (χ1n) is 26.8. The van der Waals surface area contributed by atoms with Gasteiger partial charge in [-0.15, -0.1) is 0 Å². The molecule has 3 heteroatoms. The number of fused-ring (bicyclic) bond motifs is 20. The smallest absolute Gasteiger partial charge is 0.144 e. The number of hydrogen-bond acceptors (Lipinski definition) is 3. The first-order valence-corrected chi connectivity index (χ1v) is 26.8. The van der Waals surface area contributed by atoms with Crippen molar-refractivity contribution >= 4 is 71.7 Å². The molecule has 0 N–H and O–H groups in total. The minimum Gasteiger partial charge on any atom is -0.455 e. The largest absolute Gasteiger partial charge is 0.455 e. The van der Waals surface area contributed by atoms with Crippen molar-refractivity contribution in [3.63, 3.8) is 0 Å². The van der Waals surface area contributed by atoms with Crippen LogP contribution in [0, 0.1) is 0 Å². The predicted octanol–water partition coefficient (Wildman–Crippen LogP) is 20.4. The van der Waals surface area contributed by atoms with Crippen molar-refractivity contribution < 1.29 is 8.83 Å². The van der Waals surface area contributed by atoms with E-state index >= 15 is 0 Å². The van der Waals surface area contributed by atoms with Crippen molar-refractivity contribution in [3.8, 4) is 55.6 Å². The lowest BCUT2D eigenvalue weighted by atomic mass is 9.72. The Bertz CT molecular complexity index is 4650. The third-order valence-corrected chi connectivity index (χ3v) is 18.0. The molecule has 0 fully saturated rings. The molecule has 0 unspecified atom stereocenters. The number of nitrogens with zero attached hydrogens (tertiary/aromatic N) is 1. The van der Waals surface area contributed by atoms with E-state index in [1.165, 1.54) is 110 Å². The van der Waals surface area contributed by atoms with Crippen molar-refractivity contribution in [1.82, 2.24) is 0 Å². The molecule has 2 heterocycles. The second-order valence-electron chi connectivity index (χ2n) is 23.1. The molecule has 16 rings (SSSR count). The van der Waals surface area contributed by atoms with E-state index in [0.717, 1.165) is 50.3 Å². The van der Waals surface area contributed by atoms with E-state index in [9.17, 15) is 0 Å². The summed E-state index contributed by atoms with van der Waals surface area (Å²) in [6, 6.07) is 78.3. The van der Waals surface area contributed by atoms with E-state index in [0.29, 0.717) is 0 Å². The molecule has 3 aliphatic rings. The normalized spacial score (nSPS) is 15.0. The second kappa shape index (κ2) is 15.1. The number of furan rings is 2. The van der Waals surface area contributed by atoms with Crippen LogP contribution < -0.4 is 4.90 Å². The molecule has 76 heavy (non-hydrogen) atoms. The summed E-state index contributed by atoms with van der Waals surface area (Å²) in [5.74, 6) is 0. The number of hydrogen-bond donors (Lipinski definition) is 0. The Balaban J connectivity index is 0.915. The van der Waals surface area contributed by atoms with Gasteiger partial charge in [0.15, 0.2) is 0 Å². The van der Waals surface area contributed by atoms with Gasteiger partial charge in [-0.2, -0.15) is 0 Å². The molecule has 0 bridgehead atoms. The van der Waals surface area contributed by atoms with Crippen molar-refractivity contribution in [2.24, 2.45) is 0 Å². The average molecular weight is 976 g/mol. The van der Waals surface area contributed by atoms with Crippen LogP contribution in [0.2, 0.25) is 0 Å². The molecule has 0 saturated heterocycles. The van der Waals surface area contributed by atoms with Crippen LogP contribution >= 0.6 is 0 Å². The lowest BCUT2D eigenvalue weighted by Gasteiger charge is -2.32. The third kappa shape index (κ3) is 5.67. The maximum atomic E-state index is 7.02. The summed E-state index contributed by atoms with van der Waals surface area (Å²) in [4.78, 5) is 2.49. The van der Waals surface area contributed by atoms with Gasteiger partial charge in [0.05, 0.1) is 0 Å². The Morgan fingerprint density at radius 2 is 0.816 bits per heavy atom. The quantitative estimate of drug-likeness (QED) is 0.172. The SMILES string of the molecule is CC1(C)c2cc(N(c3ccc(-c4ccccc4)cc3)c3ccc4c(c3)C(C)(C)c3c5c(c6oc7ccccc7c6c3-4)-c3ccccc3C5(C)C)ccc2-c2c1cc(-c1cccc3ccccc13)c1oc3ccccc3c21. The molecule has 0 saturated carbocycles. The predicted molar refractivity (Wildman–Crippen MR) is 317 cm³/mol. The summed E-state index contributed by atoms with van der Waals surface area (Å²) in [7, 11) is 0. The molecule has 0 atom stereocenters. The van der Waals surface area contributed by atoms with Crippen molar-refractivity contribution in [2.75, 3.05) is 4.90 Å². The molecule has 0 spiro atoms. The van der Waals surface area contributed by atoms with E-state index in [1.54, 1.807) is 0 Å². The maximum Gasteiger partial charge on any atom is 0.144 e. The summed E-state index contributed by atoms with van der Waals surface area (Å²) in [5, 5.41) is 7.14. The third-order valence-electron chi connectivity index (χ3n) is 18.0. The Labute approximate surface area is 442 Å². The Morgan fingerprint density at radius 1 is 0.316 bits per heavy atom. The van der Waals surface area contributed by atoms with E-state index in [-0.39, 0.29) is 16.2 Å². The Morgan fingerprint density at radius 3 is 1.54 bits per heavy atom. The van der Waals surface area contributed by atoms with Gasteiger partial charge in [0.2, 0.25) is 0 Å². The van der Waals surface area contributed by atoms with Gasteiger partial charge in [-0.1, -0.05) is 199 Å². The zero-order chi connectivity index (χ0) is 51.0. The number of benzene rings is 11. The molecule has 362 valence electrons. The van der Waals surface area contributed by atoms with Crippen molar-refractivity contribution in [3.05, 3.63) is 246 Å². The van der Waals surface area contributed by atoms with Gasteiger partial charge in [-0.05, 0) is 143 Å². The molecule has 2 aromatic heterocycles. The number of anilines is 3. The van der Waals surface area contributed by atoms with E-state index in [1.807, 2.05) is 0 Å². The second-order valence-corrected chi connectivity index (χ2v) is 23.1. The van der Waals surface area contributed by atoms with Gasteiger partial charge >= 0.3 is 0 Å². The minimum absolute atomic E-state index is 0.239. The molecule has 11 aromatic carbocycles. The van der Waals surface area contributed by atoms with Gasteiger partial charge in [0.1, 0.15) is 22.3 Å². The van der Waals surface area contributed by atoms with Crippen molar-refractivity contribution in [2.45, 2.75) is 57.8 Å². The Kier molecular flexibility index (Phi) is 8.65. The molecular weight excluding hydrogens is 923 g/mol. The lowest BCUT2D eigenvalue weighted by Crippen LogP contribution is -2.24. The highest BCUT2D eigenvalue weighted by Gasteiger charge is 2.49.